The van der Waals surface area contributed by atoms with Gasteiger partial charge in [0, 0.05) is 35.6 Å². The van der Waals surface area contributed by atoms with Crippen LogP contribution in [0.5, 0.6) is 0 Å². The molecule has 2 nitrogen and oxygen atoms in total. The minimum Gasteiger partial charge on any atom is -0.393 e. The van der Waals surface area contributed by atoms with Crippen molar-refractivity contribution in [3.05, 3.63) is 33.8 Å². The molecule has 0 spiro atoms. The number of rotatable bonds is 2. The highest BCUT2D eigenvalue weighted by molar-refractivity contribution is 6.33. The van der Waals surface area contributed by atoms with Gasteiger partial charge in [-0.3, -0.25) is 4.90 Å². The fourth-order valence-corrected chi connectivity index (χ4v) is 3.74. The summed E-state index contributed by atoms with van der Waals surface area (Å²) < 4.78 is 0. The molecule has 1 N–H and O–H groups in total. The topological polar surface area (TPSA) is 23.5 Å². The molecule has 0 aromatic heterocycles. The van der Waals surface area contributed by atoms with Crippen LogP contribution in [-0.2, 0) is 6.54 Å². The summed E-state index contributed by atoms with van der Waals surface area (Å²) in [5.74, 6) is 1.13. The van der Waals surface area contributed by atoms with Gasteiger partial charge in [0.05, 0.1) is 6.10 Å². The van der Waals surface area contributed by atoms with Gasteiger partial charge in [0.15, 0.2) is 0 Å². The first-order valence-electron chi connectivity index (χ1n) is 6.48. The van der Waals surface area contributed by atoms with Crippen LogP contribution in [0.3, 0.4) is 0 Å². The first kappa shape index (κ1) is 12.7. The second kappa shape index (κ2) is 5.01. The van der Waals surface area contributed by atoms with Crippen LogP contribution in [0, 0.1) is 11.8 Å². The van der Waals surface area contributed by atoms with Crippen molar-refractivity contribution >= 4 is 23.2 Å². The molecule has 2 aliphatic rings. The lowest BCUT2D eigenvalue weighted by Crippen LogP contribution is -2.24. The Morgan fingerprint density at radius 2 is 2.06 bits per heavy atom. The Labute approximate surface area is 117 Å². The predicted octanol–water partition coefficient (Wildman–Crippen LogP) is 3.20. The third kappa shape index (κ3) is 2.39. The Morgan fingerprint density at radius 1 is 1.22 bits per heavy atom. The zero-order valence-electron chi connectivity index (χ0n) is 10.1. The Bertz CT molecular complexity index is 451. The molecule has 4 heteroatoms. The minimum absolute atomic E-state index is 0.102. The van der Waals surface area contributed by atoms with Gasteiger partial charge < -0.3 is 5.11 Å². The quantitative estimate of drug-likeness (QED) is 0.902. The monoisotopic (exact) mass is 285 g/mol. The summed E-state index contributed by atoms with van der Waals surface area (Å²) >= 11 is 12.2. The summed E-state index contributed by atoms with van der Waals surface area (Å²) in [5, 5.41) is 11.4. The van der Waals surface area contributed by atoms with Gasteiger partial charge in [0.2, 0.25) is 0 Å². The number of aliphatic hydroxyl groups excluding tert-OH is 1. The van der Waals surface area contributed by atoms with E-state index >= 15 is 0 Å². The third-order valence-electron chi connectivity index (χ3n) is 4.30. The molecule has 18 heavy (non-hydrogen) atoms. The summed E-state index contributed by atoms with van der Waals surface area (Å²) in [5.41, 5.74) is 1.08. The SMILES string of the molecule is OC1CCC2CN(Cc3cc(Cl)ccc3Cl)CC12. The van der Waals surface area contributed by atoms with E-state index in [4.69, 9.17) is 23.2 Å². The van der Waals surface area contributed by atoms with E-state index < -0.39 is 0 Å². The molecular weight excluding hydrogens is 269 g/mol. The number of hydrogen-bond acceptors (Lipinski definition) is 2. The molecule has 0 amide bonds. The molecular formula is C14H17Cl2NO. The Balaban J connectivity index is 1.69. The van der Waals surface area contributed by atoms with Crippen LogP contribution >= 0.6 is 23.2 Å². The predicted molar refractivity (Wildman–Crippen MR) is 74.0 cm³/mol. The zero-order chi connectivity index (χ0) is 12.7. The van der Waals surface area contributed by atoms with Crippen LogP contribution in [0.2, 0.25) is 10.0 Å². The highest BCUT2D eigenvalue weighted by Gasteiger charge is 2.41. The number of aliphatic hydroxyl groups is 1. The number of hydrogen-bond donors (Lipinski definition) is 1. The smallest absolute Gasteiger partial charge is 0.0583 e. The third-order valence-corrected chi connectivity index (χ3v) is 4.90. The van der Waals surface area contributed by atoms with Crippen LogP contribution in [0.25, 0.3) is 0 Å². The summed E-state index contributed by atoms with van der Waals surface area (Å²) in [4.78, 5) is 2.38. The molecule has 1 aromatic carbocycles. The van der Waals surface area contributed by atoms with Gasteiger partial charge >= 0.3 is 0 Å². The molecule has 3 unspecified atom stereocenters. The molecule has 2 fully saturated rings. The van der Waals surface area contributed by atoms with Gasteiger partial charge in [-0.1, -0.05) is 23.2 Å². The normalized spacial score (nSPS) is 31.8. The molecule has 0 bridgehead atoms. The average Bonchev–Trinajstić information content (AvgIpc) is 2.87. The maximum Gasteiger partial charge on any atom is 0.0583 e. The first-order chi connectivity index (χ1) is 8.63. The average molecular weight is 286 g/mol. The fourth-order valence-electron chi connectivity index (χ4n) is 3.36. The maximum absolute atomic E-state index is 9.91. The fraction of sp³-hybridized carbons (Fsp3) is 0.571. The number of fused-ring (bicyclic) bond motifs is 1. The minimum atomic E-state index is -0.102. The molecule has 3 atom stereocenters. The van der Waals surface area contributed by atoms with E-state index in [2.05, 4.69) is 4.90 Å². The molecule has 1 saturated heterocycles. The molecule has 1 aliphatic heterocycles. The lowest BCUT2D eigenvalue weighted by Gasteiger charge is -2.18. The van der Waals surface area contributed by atoms with Crippen molar-refractivity contribution in [1.29, 1.82) is 0 Å². The number of benzene rings is 1. The van der Waals surface area contributed by atoms with E-state index in [1.165, 1.54) is 0 Å². The summed E-state index contributed by atoms with van der Waals surface area (Å²) in [6.07, 6.45) is 2.03. The van der Waals surface area contributed by atoms with Crippen molar-refractivity contribution in [1.82, 2.24) is 4.90 Å². The molecule has 0 radical (unpaired) electrons. The zero-order valence-corrected chi connectivity index (χ0v) is 11.7. The number of likely N-dealkylation sites (tertiary alicyclic amines) is 1. The Hall–Kier alpha value is -0.280. The summed E-state index contributed by atoms with van der Waals surface area (Å²) in [7, 11) is 0. The summed E-state index contributed by atoms with van der Waals surface area (Å²) in [6, 6.07) is 5.61. The number of nitrogens with zero attached hydrogens (tertiary/aromatic N) is 1. The molecule has 1 aliphatic carbocycles. The summed E-state index contributed by atoms with van der Waals surface area (Å²) in [6.45, 7) is 2.89. The van der Waals surface area contributed by atoms with Crippen molar-refractivity contribution < 1.29 is 5.11 Å². The largest absolute Gasteiger partial charge is 0.393 e. The van der Waals surface area contributed by atoms with E-state index in [0.717, 1.165) is 48.1 Å². The lowest BCUT2D eigenvalue weighted by atomic mass is 10.00. The van der Waals surface area contributed by atoms with E-state index in [9.17, 15) is 5.11 Å². The van der Waals surface area contributed by atoms with E-state index in [1.807, 2.05) is 18.2 Å². The van der Waals surface area contributed by atoms with Gasteiger partial charge in [0.1, 0.15) is 0 Å². The molecule has 1 heterocycles. The highest BCUT2D eigenvalue weighted by atomic mass is 35.5. The van der Waals surface area contributed by atoms with Gasteiger partial charge in [0.25, 0.3) is 0 Å². The highest BCUT2D eigenvalue weighted by Crippen LogP contribution is 2.39. The van der Waals surface area contributed by atoms with Crippen molar-refractivity contribution in [2.24, 2.45) is 11.8 Å². The number of halogens is 2. The van der Waals surface area contributed by atoms with Crippen LogP contribution < -0.4 is 0 Å². The molecule has 3 rings (SSSR count). The van der Waals surface area contributed by atoms with Crippen LogP contribution in [0.1, 0.15) is 18.4 Å². The van der Waals surface area contributed by atoms with E-state index in [-0.39, 0.29) is 6.10 Å². The van der Waals surface area contributed by atoms with Crippen LogP contribution in [0.15, 0.2) is 18.2 Å². The first-order valence-corrected chi connectivity index (χ1v) is 7.23. The van der Waals surface area contributed by atoms with Crippen molar-refractivity contribution in [2.45, 2.75) is 25.5 Å². The standard InChI is InChI=1S/C14H17Cl2NO/c15-11-2-3-13(16)10(5-11)7-17-6-9-1-4-14(18)12(9)8-17/h2-3,5,9,12,14,18H,1,4,6-8H2. The van der Waals surface area contributed by atoms with Crippen LogP contribution in [0.4, 0.5) is 0 Å². The van der Waals surface area contributed by atoms with Crippen molar-refractivity contribution in [2.75, 3.05) is 13.1 Å². The second-order valence-corrected chi connectivity index (χ2v) is 6.34. The van der Waals surface area contributed by atoms with Crippen molar-refractivity contribution in [3.63, 3.8) is 0 Å². The van der Waals surface area contributed by atoms with Crippen molar-refractivity contribution in [3.8, 4) is 0 Å². The van der Waals surface area contributed by atoms with Gasteiger partial charge in [-0.25, -0.2) is 0 Å². The van der Waals surface area contributed by atoms with Gasteiger partial charge in [-0.15, -0.1) is 0 Å². The molecule has 98 valence electrons. The maximum atomic E-state index is 9.91. The lowest BCUT2D eigenvalue weighted by molar-refractivity contribution is 0.123. The van der Waals surface area contributed by atoms with E-state index in [1.54, 1.807) is 0 Å². The Morgan fingerprint density at radius 3 is 2.83 bits per heavy atom. The van der Waals surface area contributed by atoms with Gasteiger partial charge in [-0.05, 0) is 42.5 Å². The van der Waals surface area contributed by atoms with Crippen LogP contribution in [-0.4, -0.2) is 29.2 Å². The Kier molecular flexibility index (Phi) is 3.55. The second-order valence-electron chi connectivity index (χ2n) is 5.50. The molecule has 1 saturated carbocycles. The van der Waals surface area contributed by atoms with Gasteiger partial charge in [-0.2, -0.15) is 0 Å². The molecule has 1 aromatic rings. The van der Waals surface area contributed by atoms with E-state index in [0.29, 0.717) is 11.8 Å².